The van der Waals surface area contributed by atoms with Gasteiger partial charge in [-0.05, 0) is 12.3 Å². The molecule has 0 nitrogen and oxygen atoms in total. The average Bonchev–Trinajstić information content (AvgIpc) is 1.89. The van der Waals surface area contributed by atoms with E-state index in [-0.39, 0.29) is 0 Å². The van der Waals surface area contributed by atoms with Crippen LogP contribution in [0.25, 0.3) is 0 Å². The Hall–Kier alpha value is 0.480. The lowest BCUT2D eigenvalue weighted by Crippen LogP contribution is -1.93. The van der Waals surface area contributed by atoms with Gasteiger partial charge >= 0.3 is 0 Å². The van der Waals surface area contributed by atoms with Crippen LogP contribution in [0.2, 0.25) is 0 Å². The van der Waals surface area contributed by atoms with Crippen LogP contribution in [-0.4, -0.2) is 5.33 Å². The second-order valence-corrected chi connectivity index (χ2v) is 3.87. The summed E-state index contributed by atoms with van der Waals surface area (Å²) in [4.78, 5) is 0. The molecule has 1 atom stereocenters. The molecule has 0 N–H and O–H groups in total. The fourth-order valence-corrected chi connectivity index (χ4v) is 1.62. The Morgan fingerprint density at radius 3 is 2.40 bits per heavy atom. The molecule has 0 aromatic heterocycles. The van der Waals surface area contributed by atoms with Crippen LogP contribution in [-0.2, 0) is 0 Å². The molecule has 0 saturated heterocycles. The molecule has 0 bridgehead atoms. The van der Waals surface area contributed by atoms with Gasteiger partial charge in [-0.2, -0.15) is 0 Å². The standard InChI is InChI=1S/C9H19Br/c1-3-6-9(2)7-4-5-8-10/h9H,3-8H2,1-2H3. The van der Waals surface area contributed by atoms with E-state index < -0.39 is 0 Å². The molecule has 1 heteroatoms. The van der Waals surface area contributed by atoms with Crippen molar-refractivity contribution in [3.63, 3.8) is 0 Å². The molecule has 10 heavy (non-hydrogen) atoms. The molecule has 0 radical (unpaired) electrons. The van der Waals surface area contributed by atoms with Crippen LogP contribution in [0, 0.1) is 5.92 Å². The van der Waals surface area contributed by atoms with Gasteiger partial charge in [0.05, 0.1) is 0 Å². The topological polar surface area (TPSA) is 0 Å². The second-order valence-electron chi connectivity index (χ2n) is 3.08. The first-order valence-corrected chi connectivity index (χ1v) is 5.49. The molecule has 0 aliphatic heterocycles. The Bertz CT molecular complexity index is 61.7. The fourth-order valence-electron chi connectivity index (χ4n) is 1.22. The number of rotatable bonds is 6. The minimum atomic E-state index is 0.948. The number of unbranched alkanes of at least 4 members (excludes halogenated alkanes) is 1. The number of hydrogen-bond acceptors (Lipinski definition) is 0. The summed E-state index contributed by atoms with van der Waals surface area (Å²) in [5, 5.41) is 1.17. The summed E-state index contributed by atoms with van der Waals surface area (Å²) < 4.78 is 0. The summed E-state index contributed by atoms with van der Waals surface area (Å²) in [5.41, 5.74) is 0. The van der Waals surface area contributed by atoms with Crippen molar-refractivity contribution in [2.45, 2.75) is 46.0 Å². The maximum Gasteiger partial charge on any atom is 0.00313 e. The Morgan fingerprint density at radius 1 is 1.20 bits per heavy atom. The highest BCUT2D eigenvalue weighted by molar-refractivity contribution is 9.09. The monoisotopic (exact) mass is 206 g/mol. The third-order valence-corrected chi connectivity index (χ3v) is 2.42. The van der Waals surface area contributed by atoms with Crippen LogP contribution in [0.15, 0.2) is 0 Å². The maximum atomic E-state index is 3.44. The molecule has 0 rings (SSSR count). The van der Waals surface area contributed by atoms with Gasteiger partial charge in [0.25, 0.3) is 0 Å². The van der Waals surface area contributed by atoms with Crippen molar-refractivity contribution in [3.05, 3.63) is 0 Å². The summed E-state index contributed by atoms with van der Waals surface area (Å²) in [6, 6.07) is 0. The van der Waals surface area contributed by atoms with Crippen molar-refractivity contribution in [3.8, 4) is 0 Å². The second kappa shape index (κ2) is 7.59. The molecule has 0 heterocycles. The predicted octanol–water partition coefficient (Wildman–Crippen LogP) is 3.99. The summed E-state index contributed by atoms with van der Waals surface area (Å²) in [6.45, 7) is 4.62. The van der Waals surface area contributed by atoms with Crippen LogP contribution in [0.1, 0.15) is 46.0 Å². The van der Waals surface area contributed by atoms with Crippen LogP contribution in [0.5, 0.6) is 0 Å². The van der Waals surface area contributed by atoms with Gasteiger partial charge < -0.3 is 0 Å². The molecule has 62 valence electrons. The van der Waals surface area contributed by atoms with Crippen LogP contribution in [0.3, 0.4) is 0 Å². The van der Waals surface area contributed by atoms with E-state index >= 15 is 0 Å². The number of hydrogen-bond donors (Lipinski definition) is 0. The molecular formula is C9H19Br. The fraction of sp³-hybridized carbons (Fsp3) is 1.00. The summed E-state index contributed by atoms with van der Waals surface area (Å²) in [5.74, 6) is 0.948. The molecule has 0 aliphatic rings. The van der Waals surface area contributed by atoms with Gasteiger partial charge in [-0.1, -0.05) is 55.5 Å². The van der Waals surface area contributed by atoms with Crippen LogP contribution >= 0.6 is 15.9 Å². The highest BCUT2D eigenvalue weighted by Crippen LogP contribution is 2.13. The lowest BCUT2D eigenvalue weighted by Gasteiger charge is -2.07. The van der Waals surface area contributed by atoms with E-state index in [1.807, 2.05) is 0 Å². The highest BCUT2D eigenvalue weighted by Gasteiger charge is 1.98. The molecular weight excluding hydrogens is 188 g/mol. The molecule has 0 aromatic rings. The van der Waals surface area contributed by atoms with E-state index in [9.17, 15) is 0 Å². The van der Waals surface area contributed by atoms with Crippen molar-refractivity contribution in [2.24, 2.45) is 5.92 Å². The Balaban J connectivity index is 2.97. The van der Waals surface area contributed by atoms with Crippen molar-refractivity contribution < 1.29 is 0 Å². The quantitative estimate of drug-likeness (QED) is 0.456. The first-order chi connectivity index (χ1) is 4.81. The van der Waals surface area contributed by atoms with E-state index in [2.05, 4.69) is 29.8 Å². The lowest BCUT2D eigenvalue weighted by atomic mass is 10.00. The first kappa shape index (κ1) is 10.5. The van der Waals surface area contributed by atoms with E-state index in [4.69, 9.17) is 0 Å². The molecule has 1 unspecified atom stereocenters. The molecule has 0 spiro atoms. The zero-order valence-electron chi connectivity index (χ0n) is 7.20. The van der Waals surface area contributed by atoms with E-state index in [1.165, 1.54) is 37.4 Å². The molecule has 0 aromatic carbocycles. The largest absolute Gasteiger partial charge is 0.0928 e. The van der Waals surface area contributed by atoms with Crippen molar-refractivity contribution in [1.82, 2.24) is 0 Å². The van der Waals surface area contributed by atoms with Gasteiger partial charge in [0.1, 0.15) is 0 Å². The van der Waals surface area contributed by atoms with Gasteiger partial charge in [0.15, 0.2) is 0 Å². The molecule has 0 fully saturated rings. The normalized spacial score (nSPS) is 13.5. The van der Waals surface area contributed by atoms with Crippen molar-refractivity contribution >= 4 is 15.9 Å². The SMILES string of the molecule is CCCC(C)CCCCBr. The van der Waals surface area contributed by atoms with Crippen LogP contribution < -0.4 is 0 Å². The smallest absolute Gasteiger partial charge is 0.00313 e. The molecule has 0 saturated carbocycles. The van der Waals surface area contributed by atoms with Gasteiger partial charge in [-0.3, -0.25) is 0 Å². The van der Waals surface area contributed by atoms with E-state index in [1.54, 1.807) is 0 Å². The van der Waals surface area contributed by atoms with Crippen LogP contribution in [0.4, 0.5) is 0 Å². The van der Waals surface area contributed by atoms with Gasteiger partial charge in [-0.15, -0.1) is 0 Å². The molecule has 0 aliphatic carbocycles. The number of alkyl halides is 1. The highest BCUT2D eigenvalue weighted by atomic mass is 79.9. The maximum absolute atomic E-state index is 3.44. The van der Waals surface area contributed by atoms with Crippen molar-refractivity contribution in [2.75, 3.05) is 5.33 Å². The Morgan fingerprint density at radius 2 is 1.90 bits per heavy atom. The van der Waals surface area contributed by atoms with Gasteiger partial charge in [0, 0.05) is 5.33 Å². The minimum absolute atomic E-state index is 0.948. The first-order valence-electron chi connectivity index (χ1n) is 4.37. The minimum Gasteiger partial charge on any atom is -0.0928 e. The lowest BCUT2D eigenvalue weighted by molar-refractivity contribution is 0.468. The summed E-state index contributed by atoms with van der Waals surface area (Å²) in [7, 11) is 0. The third kappa shape index (κ3) is 6.60. The Kier molecular flexibility index (Phi) is 7.95. The van der Waals surface area contributed by atoms with Gasteiger partial charge in [0.2, 0.25) is 0 Å². The average molecular weight is 207 g/mol. The van der Waals surface area contributed by atoms with E-state index in [0.29, 0.717) is 0 Å². The predicted molar refractivity (Wildman–Crippen MR) is 51.7 cm³/mol. The third-order valence-electron chi connectivity index (χ3n) is 1.86. The zero-order chi connectivity index (χ0) is 7.82. The van der Waals surface area contributed by atoms with Crippen molar-refractivity contribution in [1.29, 1.82) is 0 Å². The molecule has 0 amide bonds. The summed E-state index contributed by atoms with van der Waals surface area (Å²) >= 11 is 3.44. The van der Waals surface area contributed by atoms with Gasteiger partial charge in [-0.25, -0.2) is 0 Å². The zero-order valence-corrected chi connectivity index (χ0v) is 8.78. The van der Waals surface area contributed by atoms with E-state index in [0.717, 1.165) is 5.92 Å². The Labute approximate surface area is 73.5 Å². The summed E-state index contributed by atoms with van der Waals surface area (Å²) in [6.07, 6.45) is 6.90. The number of halogens is 1.